The van der Waals surface area contributed by atoms with Gasteiger partial charge in [0.05, 0.1) is 18.6 Å². The number of para-hydroxylation sites is 1. The fraction of sp³-hybridized carbons (Fsp3) is 0.533. The number of hydrogen-bond acceptors (Lipinski definition) is 3. The van der Waals surface area contributed by atoms with Crippen LogP contribution in [0, 0.1) is 0 Å². The lowest BCUT2D eigenvalue weighted by molar-refractivity contribution is -0.148. The Kier molecular flexibility index (Phi) is 3.60. The van der Waals surface area contributed by atoms with Gasteiger partial charge in [-0.15, -0.1) is 0 Å². The maximum atomic E-state index is 12.1. The largest absolute Gasteiger partial charge is 0.493 e. The van der Waals surface area contributed by atoms with Crippen molar-refractivity contribution in [2.75, 3.05) is 13.2 Å². The smallest absolute Gasteiger partial charge is 0.316 e. The summed E-state index contributed by atoms with van der Waals surface area (Å²) in [5.41, 5.74) is 1.45. The van der Waals surface area contributed by atoms with Crippen molar-refractivity contribution in [2.24, 2.45) is 0 Å². The lowest BCUT2D eigenvalue weighted by atomic mass is 9.82. The van der Waals surface area contributed by atoms with Crippen molar-refractivity contribution in [2.45, 2.75) is 39.0 Å². The minimum Gasteiger partial charge on any atom is -0.493 e. The third-order valence-electron chi connectivity index (χ3n) is 3.39. The Morgan fingerprint density at radius 1 is 1.44 bits per heavy atom. The number of ether oxygens (including phenoxy) is 2. The first-order valence-corrected chi connectivity index (χ1v) is 6.49. The Labute approximate surface area is 108 Å². The summed E-state index contributed by atoms with van der Waals surface area (Å²) in [7, 11) is 0. The van der Waals surface area contributed by atoms with Crippen LogP contribution in [0.15, 0.2) is 18.2 Å². The van der Waals surface area contributed by atoms with Gasteiger partial charge in [-0.3, -0.25) is 4.79 Å². The van der Waals surface area contributed by atoms with E-state index in [0.29, 0.717) is 6.61 Å². The second-order valence-electron chi connectivity index (χ2n) is 5.09. The summed E-state index contributed by atoms with van der Waals surface area (Å²) < 4.78 is 10.9. The van der Waals surface area contributed by atoms with Crippen LogP contribution in [-0.4, -0.2) is 19.2 Å². The molecular weight excluding hydrogens is 228 g/mol. The molecule has 0 fully saturated rings. The Bertz CT molecular complexity index is 449. The number of esters is 1. The van der Waals surface area contributed by atoms with Gasteiger partial charge in [0.1, 0.15) is 5.75 Å². The fourth-order valence-electron chi connectivity index (χ4n) is 2.30. The van der Waals surface area contributed by atoms with Crippen LogP contribution >= 0.6 is 0 Å². The van der Waals surface area contributed by atoms with Crippen LogP contribution in [0.25, 0.3) is 0 Å². The zero-order valence-electron chi connectivity index (χ0n) is 11.3. The molecule has 2 rings (SSSR count). The Balaban J connectivity index is 2.41. The molecule has 0 saturated carbocycles. The van der Waals surface area contributed by atoms with Gasteiger partial charge in [-0.05, 0) is 39.2 Å². The van der Waals surface area contributed by atoms with E-state index >= 15 is 0 Å². The number of aryl methyl sites for hydroxylation is 1. The average Bonchev–Trinajstić information content (AvgIpc) is 2.38. The summed E-state index contributed by atoms with van der Waals surface area (Å²) in [6.45, 7) is 6.73. The molecule has 1 aromatic carbocycles. The molecule has 0 bridgehead atoms. The van der Waals surface area contributed by atoms with Crippen molar-refractivity contribution in [1.29, 1.82) is 0 Å². The predicted molar refractivity (Wildman–Crippen MR) is 69.9 cm³/mol. The third kappa shape index (κ3) is 2.22. The van der Waals surface area contributed by atoms with Crippen molar-refractivity contribution in [3.05, 3.63) is 29.3 Å². The predicted octanol–water partition coefficient (Wildman–Crippen LogP) is 2.85. The summed E-state index contributed by atoms with van der Waals surface area (Å²) >= 11 is 0. The molecule has 1 heterocycles. The van der Waals surface area contributed by atoms with Gasteiger partial charge >= 0.3 is 5.97 Å². The second-order valence-corrected chi connectivity index (χ2v) is 5.09. The number of carbonyl (C=O) groups is 1. The van der Waals surface area contributed by atoms with E-state index in [4.69, 9.17) is 9.47 Å². The lowest BCUT2D eigenvalue weighted by Crippen LogP contribution is -2.32. The molecule has 0 atom stereocenters. The monoisotopic (exact) mass is 248 g/mol. The van der Waals surface area contributed by atoms with E-state index in [1.54, 1.807) is 0 Å². The molecule has 1 aromatic rings. The molecule has 0 saturated heterocycles. The quantitative estimate of drug-likeness (QED) is 0.772. The molecule has 0 spiro atoms. The third-order valence-corrected chi connectivity index (χ3v) is 3.39. The molecule has 0 aliphatic carbocycles. The van der Waals surface area contributed by atoms with Crippen LogP contribution in [0.3, 0.4) is 0 Å². The summed E-state index contributed by atoms with van der Waals surface area (Å²) in [4.78, 5) is 12.1. The fourth-order valence-corrected chi connectivity index (χ4v) is 2.30. The topological polar surface area (TPSA) is 35.5 Å². The van der Waals surface area contributed by atoms with Crippen LogP contribution in [0.2, 0.25) is 0 Å². The van der Waals surface area contributed by atoms with Crippen molar-refractivity contribution in [1.82, 2.24) is 0 Å². The van der Waals surface area contributed by atoms with Crippen molar-refractivity contribution < 1.29 is 14.3 Å². The number of benzene rings is 1. The molecule has 1 aliphatic heterocycles. The van der Waals surface area contributed by atoms with E-state index in [9.17, 15) is 4.79 Å². The maximum absolute atomic E-state index is 12.1. The van der Waals surface area contributed by atoms with Gasteiger partial charge in [0.2, 0.25) is 0 Å². The molecule has 3 heteroatoms. The zero-order valence-corrected chi connectivity index (χ0v) is 11.3. The van der Waals surface area contributed by atoms with Crippen LogP contribution in [-0.2, 0) is 21.4 Å². The van der Waals surface area contributed by atoms with E-state index < -0.39 is 5.41 Å². The van der Waals surface area contributed by atoms with Gasteiger partial charge in [-0.2, -0.15) is 0 Å². The van der Waals surface area contributed by atoms with Gasteiger partial charge in [-0.25, -0.2) is 0 Å². The minimum atomic E-state index is -0.668. The van der Waals surface area contributed by atoms with Crippen LogP contribution in [0.5, 0.6) is 5.75 Å². The first-order valence-electron chi connectivity index (χ1n) is 6.49. The van der Waals surface area contributed by atoms with Gasteiger partial charge in [0.15, 0.2) is 0 Å². The summed E-state index contributed by atoms with van der Waals surface area (Å²) in [6.07, 6.45) is 2.05. The number of rotatable bonds is 3. The summed E-state index contributed by atoms with van der Waals surface area (Å²) in [5, 5.41) is 0. The van der Waals surface area contributed by atoms with Crippen molar-refractivity contribution in [3.63, 3.8) is 0 Å². The first-order chi connectivity index (χ1) is 8.57. The highest BCUT2D eigenvalue weighted by Crippen LogP contribution is 2.37. The van der Waals surface area contributed by atoms with Crippen LogP contribution < -0.4 is 4.74 Å². The van der Waals surface area contributed by atoms with Gasteiger partial charge in [0.25, 0.3) is 0 Å². The molecule has 98 valence electrons. The lowest BCUT2D eigenvalue weighted by Gasteiger charge is -2.28. The van der Waals surface area contributed by atoms with E-state index in [-0.39, 0.29) is 5.97 Å². The number of hydrogen-bond donors (Lipinski definition) is 0. The van der Waals surface area contributed by atoms with Gasteiger partial charge in [-0.1, -0.05) is 18.2 Å². The highest BCUT2D eigenvalue weighted by atomic mass is 16.5. The van der Waals surface area contributed by atoms with E-state index in [2.05, 4.69) is 6.07 Å². The van der Waals surface area contributed by atoms with E-state index in [0.717, 1.165) is 30.8 Å². The van der Waals surface area contributed by atoms with Crippen molar-refractivity contribution in [3.8, 4) is 5.75 Å². The summed E-state index contributed by atoms with van der Waals surface area (Å²) in [6, 6.07) is 6.02. The molecule has 0 unspecified atom stereocenters. The Hall–Kier alpha value is -1.51. The highest BCUT2D eigenvalue weighted by Gasteiger charge is 2.35. The van der Waals surface area contributed by atoms with E-state index in [1.165, 1.54) is 5.56 Å². The van der Waals surface area contributed by atoms with Crippen LogP contribution in [0.1, 0.15) is 38.3 Å². The molecule has 1 aliphatic rings. The molecule has 0 radical (unpaired) electrons. The normalized spacial score (nSPS) is 14.6. The molecule has 0 aromatic heterocycles. The molecular formula is C15H20O3. The number of carbonyl (C=O) groups excluding carboxylic acids is 1. The van der Waals surface area contributed by atoms with Crippen LogP contribution in [0.4, 0.5) is 0 Å². The zero-order chi connectivity index (χ0) is 13.2. The first kappa shape index (κ1) is 12.9. The number of fused-ring (bicyclic) bond motifs is 1. The SMILES string of the molecule is CCOC(=O)C(C)(C)c1cccc2c1OCCC2. The van der Waals surface area contributed by atoms with Gasteiger partial charge < -0.3 is 9.47 Å². The average molecular weight is 248 g/mol. The Morgan fingerprint density at radius 3 is 2.94 bits per heavy atom. The summed E-state index contributed by atoms with van der Waals surface area (Å²) in [5.74, 6) is 0.675. The second kappa shape index (κ2) is 5.01. The minimum absolute atomic E-state index is 0.201. The molecule has 18 heavy (non-hydrogen) atoms. The standard InChI is InChI=1S/C15H20O3/c1-4-17-14(16)15(2,3)12-9-5-7-11-8-6-10-18-13(11)12/h5,7,9H,4,6,8,10H2,1-3H3. The maximum Gasteiger partial charge on any atom is 0.316 e. The van der Waals surface area contributed by atoms with E-state index in [1.807, 2.05) is 32.9 Å². The highest BCUT2D eigenvalue weighted by molar-refractivity contribution is 5.83. The molecule has 0 N–H and O–H groups in total. The van der Waals surface area contributed by atoms with Gasteiger partial charge in [0, 0.05) is 5.56 Å². The molecule has 3 nitrogen and oxygen atoms in total. The molecule has 0 amide bonds. The Morgan fingerprint density at radius 2 is 2.22 bits per heavy atom. The van der Waals surface area contributed by atoms with Crippen molar-refractivity contribution >= 4 is 5.97 Å².